The first-order chi connectivity index (χ1) is 14.7. The molecule has 0 atom stereocenters. The highest BCUT2D eigenvalue weighted by Crippen LogP contribution is 2.32. The number of aryl methyl sites for hydroxylation is 1. The van der Waals surface area contributed by atoms with E-state index in [1.54, 1.807) is 0 Å². The van der Waals surface area contributed by atoms with Gasteiger partial charge in [0.05, 0.1) is 11.6 Å². The lowest BCUT2D eigenvalue weighted by Gasteiger charge is -2.26. The summed E-state index contributed by atoms with van der Waals surface area (Å²) in [5.74, 6) is 1.42. The van der Waals surface area contributed by atoms with Gasteiger partial charge in [0.1, 0.15) is 5.75 Å². The zero-order valence-corrected chi connectivity index (χ0v) is 18.7. The van der Waals surface area contributed by atoms with Crippen LogP contribution in [0.3, 0.4) is 0 Å². The minimum Gasteiger partial charge on any atom is -0.426 e. The van der Waals surface area contributed by atoms with Crippen LogP contribution in [-0.2, 0) is 11.2 Å². The molecule has 3 heteroatoms. The number of unbranched alkanes of at least 4 members (excludes halogenated alkanes) is 3. The first-order valence-corrected chi connectivity index (χ1v) is 12.0. The van der Waals surface area contributed by atoms with Gasteiger partial charge in [-0.1, -0.05) is 52.0 Å². The summed E-state index contributed by atoms with van der Waals surface area (Å²) < 4.78 is 5.66. The summed E-state index contributed by atoms with van der Waals surface area (Å²) in [4.78, 5) is 17.1. The van der Waals surface area contributed by atoms with Gasteiger partial charge in [-0.15, -0.1) is 0 Å². The summed E-state index contributed by atoms with van der Waals surface area (Å²) >= 11 is 0. The fourth-order valence-corrected chi connectivity index (χ4v) is 4.49. The van der Waals surface area contributed by atoms with E-state index in [-0.39, 0.29) is 11.9 Å². The van der Waals surface area contributed by atoms with Gasteiger partial charge in [-0.25, -0.2) is 0 Å². The maximum Gasteiger partial charge on any atom is 0.314 e. The fraction of sp³-hybridized carbons (Fsp3) is 0.556. The highest BCUT2D eigenvalue weighted by atomic mass is 16.5. The Hall–Kier alpha value is -2.16. The first-order valence-electron chi connectivity index (χ1n) is 12.0. The Bertz CT molecular complexity index is 758. The average molecular weight is 408 g/mol. The lowest BCUT2D eigenvalue weighted by Crippen LogP contribution is -2.25. The number of carbonyl (C=O) groups excluding carboxylic acids is 1. The number of nitrogens with zero attached hydrogens (tertiary/aromatic N) is 1. The summed E-state index contributed by atoms with van der Waals surface area (Å²) in [6, 6.07) is 12.0. The molecule has 3 nitrogen and oxygen atoms in total. The van der Waals surface area contributed by atoms with Gasteiger partial charge in [0.2, 0.25) is 0 Å². The highest BCUT2D eigenvalue weighted by molar-refractivity contribution is 5.75. The van der Waals surface area contributed by atoms with E-state index in [9.17, 15) is 4.79 Å². The molecule has 1 aliphatic rings. The lowest BCUT2D eigenvalue weighted by molar-refractivity contribution is -0.140. The molecule has 0 radical (unpaired) electrons. The summed E-state index contributed by atoms with van der Waals surface area (Å²) in [6.45, 7) is 4.48. The van der Waals surface area contributed by atoms with Crippen molar-refractivity contribution in [3.63, 3.8) is 0 Å². The third-order valence-corrected chi connectivity index (χ3v) is 6.39. The molecular weight excluding hydrogens is 370 g/mol. The van der Waals surface area contributed by atoms with Crippen molar-refractivity contribution in [1.82, 2.24) is 4.98 Å². The molecule has 1 aromatic carbocycles. The number of esters is 1. The van der Waals surface area contributed by atoms with Gasteiger partial charge < -0.3 is 4.74 Å². The molecule has 1 saturated carbocycles. The molecule has 1 fully saturated rings. The molecule has 1 aliphatic carbocycles. The Morgan fingerprint density at radius 2 is 1.70 bits per heavy atom. The predicted molar refractivity (Wildman–Crippen MR) is 124 cm³/mol. The number of hydrogen-bond acceptors (Lipinski definition) is 3. The van der Waals surface area contributed by atoms with E-state index in [1.165, 1.54) is 44.1 Å². The molecule has 0 bridgehead atoms. The summed E-state index contributed by atoms with van der Waals surface area (Å²) in [5, 5.41) is 0. The van der Waals surface area contributed by atoms with Crippen LogP contribution in [0, 0.1) is 11.8 Å². The van der Waals surface area contributed by atoms with Gasteiger partial charge in [-0.05, 0) is 80.3 Å². The van der Waals surface area contributed by atoms with Crippen molar-refractivity contribution in [3.05, 3.63) is 48.2 Å². The third-order valence-electron chi connectivity index (χ3n) is 6.39. The molecule has 0 amide bonds. The first kappa shape index (κ1) is 22.5. The second kappa shape index (κ2) is 11.9. The van der Waals surface area contributed by atoms with E-state index >= 15 is 0 Å². The van der Waals surface area contributed by atoms with Gasteiger partial charge in [0, 0.05) is 11.8 Å². The Morgan fingerprint density at radius 1 is 0.933 bits per heavy atom. The van der Waals surface area contributed by atoms with Crippen LogP contribution in [0.25, 0.3) is 11.3 Å². The molecule has 30 heavy (non-hydrogen) atoms. The van der Waals surface area contributed by atoms with Crippen LogP contribution < -0.4 is 4.74 Å². The lowest BCUT2D eigenvalue weighted by atomic mass is 9.80. The van der Waals surface area contributed by atoms with Gasteiger partial charge >= 0.3 is 5.97 Å². The fourth-order valence-electron chi connectivity index (χ4n) is 4.49. The number of aromatic nitrogens is 1. The van der Waals surface area contributed by atoms with Crippen LogP contribution in [0.15, 0.2) is 42.6 Å². The second-order valence-electron chi connectivity index (χ2n) is 8.81. The minimum atomic E-state index is -0.0664. The summed E-state index contributed by atoms with van der Waals surface area (Å²) in [5.41, 5.74) is 3.31. The normalized spacial score (nSPS) is 18.9. The number of ether oxygens (including phenoxy) is 1. The molecule has 0 N–H and O–H groups in total. The molecule has 0 aliphatic heterocycles. The predicted octanol–water partition coefficient (Wildman–Crippen LogP) is 7.38. The smallest absolute Gasteiger partial charge is 0.314 e. The van der Waals surface area contributed by atoms with Crippen LogP contribution in [0.4, 0.5) is 0 Å². The number of pyridine rings is 1. The number of rotatable bonds is 10. The quantitative estimate of drug-likeness (QED) is 0.234. The monoisotopic (exact) mass is 407 g/mol. The third kappa shape index (κ3) is 6.68. The molecule has 1 heterocycles. The number of carbonyl (C=O) groups is 1. The van der Waals surface area contributed by atoms with Crippen LogP contribution in [-0.4, -0.2) is 11.0 Å². The van der Waals surface area contributed by atoms with Crippen LogP contribution in [0.5, 0.6) is 5.75 Å². The maximum absolute atomic E-state index is 12.5. The van der Waals surface area contributed by atoms with Crippen molar-refractivity contribution in [1.29, 1.82) is 0 Å². The van der Waals surface area contributed by atoms with Crippen LogP contribution in [0.1, 0.15) is 83.6 Å². The van der Waals surface area contributed by atoms with Gasteiger partial charge in [-0.3, -0.25) is 9.78 Å². The Balaban J connectivity index is 1.49. The Morgan fingerprint density at radius 3 is 2.33 bits per heavy atom. The number of hydrogen-bond donors (Lipinski definition) is 0. The molecule has 0 unspecified atom stereocenters. The Kier molecular flexibility index (Phi) is 8.92. The molecule has 1 aromatic heterocycles. The van der Waals surface area contributed by atoms with Gasteiger partial charge in [0.15, 0.2) is 0 Å². The van der Waals surface area contributed by atoms with Crippen molar-refractivity contribution >= 4 is 5.97 Å². The minimum absolute atomic E-state index is 0.0596. The molecule has 0 saturated heterocycles. The second-order valence-corrected chi connectivity index (χ2v) is 8.81. The van der Waals surface area contributed by atoms with Crippen molar-refractivity contribution in [2.24, 2.45) is 11.8 Å². The van der Waals surface area contributed by atoms with Crippen LogP contribution >= 0.6 is 0 Å². The SMILES string of the molecule is CCCCCCc1ccc(-c2ccc(OC(=O)C3CCC(CCC)CC3)cc2)nc1. The van der Waals surface area contributed by atoms with E-state index in [1.807, 2.05) is 30.5 Å². The van der Waals surface area contributed by atoms with Crippen molar-refractivity contribution in [2.45, 2.75) is 84.5 Å². The van der Waals surface area contributed by atoms with Gasteiger partial charge in [-0.2, -0.15) is 0 Å². The van der Waals surface area contributed by atoms with E-state index in [0.717, 1.165) is 49.3 Å². The van der Waals surface area contributed by atoms with Crippen molar-refractivity contribution in [3.8, 4) is 17.0 Å². The summed E-state index contributed by atoms with van der Waals surface area (Å²) in [7, 11) is 0. The highest BCUT2D eigenvalue weighted by Gasteiger charge is 2.27. The molecular formula is C27H37NO2. The average Bonchev–Trinajstić information content (AvgIpc) is 2.78. The molecule has 0 spiro atoms. The van der Waals surface area contributed by atoms with Crippen LogP contribution in [0.2, 0.25) is 0 Å². The summed E-state index contributed by atoms with van der Waals surface area (Å²) in [6.07, 6.45) is 15.0. The maximum atomic E-state index is 12.5. The van der Waals surface area contributed by atoms with E-state index in [2.05, 4.69) is 31.0 Å². The number of benzene rings is 1. The largest absolute Gasteiger partial charge is 0.426 e. The molecule has 162 valence electrons. The topological polar surface area (TPSA) is 39.2 Å². The zero-order chi connectivity index (χ0) is 21.2. The van der Waals surface area contributed by atoms with Crippen molar-refractivity contribution in [2.75, 3.05) is 0 Å². The van der Waals surface area contributed by atoms with Gasteiger partial charge in [0.25, 0.3) is 0 Å². The van der Waals surface area contributed by atoms with Crippen molar-refractivity contribution < 1.29 is 9.53 Å². The zero-order valence-electron chi connectivity index (χ0n) is 18.7. The molecule has 2 aromatic rings. The standard InChI is InChI=1S/C27H37NO2/c1-3-5-6-7-9-22-12-19-26(28-20-22)23-15-17-25(18-16-23)30-27(29)24-13-10-21(8-4-2)11-14-24/h12,15-21,24H,3-11,13-14H2,1-2H3. The van der Waals surface area contributed by atoms with E-state index in [0.29, 0.717) is 5.75 Å². The van der Waals surface area contributed by atoms with E-state index < -0.39 is 0 Å². The van der Waals surface area contributed by atoms with E-state index in [4.69, 9.17) is 4.74 Å². The molecule has 3 rings (SSSR count). The Labute approximate surface area is 182 Å².